The summed E-state index contributed by atoms with van der Waals surface area (Å²) in [7, 11) is 0. The molecule has 8 aromatic carbocycles. The largest absolute Gasteiger partial charge is 0.313 e. The minimum Gasteiger partial charge on any atom is -0.313 e. The van der Waals surface area contributed by atoms with Crippen LogP contribution in [0.2, 0.25) is 0 Å². The Bertz CT molecular complexity index is 3910. The molecule has 0 saturated heterocycles. The fourth-order valence-corrected chi connectivity index (χ4v) is 11.5. The van der Waals surface area contributed by atoms with Crippen molar-refractivity contribution >= 4 is 82.1 Å². The molecule has 0 N–H and O–H groups in total. The summed E-state index contributed by atoms with van der Waals surface area (Å²) in [5.41, 5.74) is 18.3. The molecule has 0 atom stereocenters. The summed E-state index contributed by atoms with van der Waals surface area (Å²) in [6.45, 7) is 28.0. The van der Waals surface area contributed by atoms with Gasteiger partial charge in [-0.1, -0.05) is 155 Å². The molecule has 1 aliphatic carbocycles. The minimum absolute atomic E-state index is 0.0305. The van der Waals surface area contributed by atoms with Crippen LogP contribution in [0, 0.1) is 5.41 Å². The van der Waals surface area contributed by atoms with E-state index in [1.807, 2.05) is 0 Å². The van der Waals surface area contributed by atoms with Crippen molar-refractivity contribution in [1.29, 1.82) is 0 Å². The molecule has 69 heavy (non-hydrogen) atoms. The van der Waals surface area contributed by atoms with Gasteiger partial charge in [-0.3, -0.25) is 0 Å². The van der Waals surface area contributed by atoms with Gasteiger partial charge in [0.15, 0.2) is 0 Å². The predicted octanol–water partition coefficient (Wildman–Crippen LogP) is 18.4. The number of rotatable bonds is 3. The fourth-order valence-electron chi connectivity index (χ4n) is 11.5. The monoisotopic (exact) mass is 900 g/mol. The second-order valence-electron chi connectivity index (χ2n) is 24.4. The van der Waals surface area contributed by atoms with Gasteiger partial charge >= 0.3 is 0 Å². The average molecular weight is 900 g/mol. The van der Waals surface area contributed by atoms with E-state index >= 15 is 0 Å². The highest BCUT2D eigenvalue weighted by Crippen LogP contribution is 2.45. The quantitative estimate of drug-likeness (QED) is 0.157. The zero-order chi connectivity index (χ0) is 48.1. The van der Waals surface area contributed by atoms with Crippen LogP contribution in [0.5, 0.6) is 0 Å². The van der Waals surface area contributed by atoms with Crippen molar-refractivity contribution in [3.05, 3.63) is 179 Å². The van der Waals surface area contributed by atoms with Crippen LogP contribution in [0.3, 0.4) is 0 Å². The molecule has 1 aliphatic rings. The summed E-state index contributed by atoms with van der Waals surface area (Å²) in [6, 6.07) is 56.4. The van der Waals surface area contributed by atoms with E-state index in [1.54, 1.807) is 0 Å². The van der Waals surface area contributed by atoms with Gasteiger partial charge in [0.1, 0.15) is 0 Å². The van der Waals surface area contributed by atoms with Gasteiger partial charge in [-0.2, -0.15) is 0 Å². The third-order valence-electron chi connectivity index (χ3n) is 15.6. The molecule has 0 bridgehead atoms. The highest BCUT2D eigenvalue weighted by Gasteiger charge is 2.28. The Balaban J connectivity index is 1.14. The molecule has 3 heterocycles. The molecule has 0 saturated carbocycles. The molecular formula is C66H65N3. The highest BCUT2D eigenvalue weighted by molar-refractivity contribution is 6.13. The number of hydrogen-bond donors (Lipinski definition) is 0. The number of benzene rings is 8. The molecular weight excluding hydrogens is 835 g/mol. The molecule has 0 aliphatic heterocycles. The standard InChI is InChI=1S/C66H65N3/c1-63(2,3)44-18-27-57-53(34-44)54-35-45(64(4,5)6)19-28-58(54)67(57)49-23-25-51-52-26-24-50(68-59-29-20-46(65(7,8)9)36-55(59)56-37-47(66(10,11)12)21-30-60(56)68)39-62(52)69(61(51)38-49)48-22-17-42-31-40-15-13-14-16-41(40)32-43(42)33-48/h13-20,22-29,31-39H,21,30H2,1-12H3. The van der Waals surface area contributed by atoms with Crippen LogP contribution >= 0.6 is 0 Å². The Morgan fingerprint density at radius 3 is 1.28 bits per heavy atom. The SMILES string of the molecule is CC(C)(C)C1=Cc2c(n(-c3ccc4c5ccc(-n6c7ccc(C(C)(C)C)cc7c7cc(C(C)(C)C)ccc76)cc5n(-c5ccc6cc7ccccc7cc6c5)c4c3)c3ccc(C(C)(C)C)cc23)CC1. The van der Waals surface area contributed by atoms with Crippen molar-refractivity contribution in [2.75, 3.05) is 0 Å². The lowest BCUT2D eigenvalue weighted by Gasteiger charge is -2.27. The Hall–Kier alpha value is -6.84. The van der Waals surface area contributed by atoms with Gasteiger partial charge in [0, 0.05) is 55.3 Å². The van der Waals surface area contributed by atoms with Gasteiger partial charge < -0.3 is 13.7 Å². The summed E-state index contributed by atoms with van der Waals surface area (Å²) >= 11 is 0. The Labute approximate surface area is 407 Å². The van der Waals surface area contributed by atoms with Crippen LogP contribution < -0.4 is 0 Å². The summed E-state index contributed by atoms with van der Waals surface area (Å²) in [5.74, 6) is 0. The van der Waals surface area contributed by atoms with Crippen molar-refractivity contribution < 1.29 is 0 Å². The van der Waals surface area contributed by atoms with Crippen LogP contribution in [0.25, 0.3) is 99.2 Å². The summed E-state index contributed by atoms with van der Waals surface area (Å²) < 4.78 is 7.64. The normalized spacial score (nSPS) is 14.1. The third kappa shape index (κ3) is 6.98. The maximum atomic E-state index is 2.59. The molecule has 3 heteroatoms. The van der Waals surface area contributed by atoms with Crippen molar-refractivity contribution in [2.24, 2.45) is 5.41 Å². The minimum atomic E-state index is 0.0305. The van der Waals surface area contributed by atoms with Gasteiger partial charge in [0.25, 0.3) is 0 Å². The van der Waals surface area contributed by atoms with E-state index in [9.17, 15) is 0 Å². The molecule has 11 aromatic rings. The molecule has 0 spiro atoms. The number of hydrogen-bond acceptors (Lipinski definition) is 0. The zero-order valence-corrected chi connectivity index (χ0v) is 42.7. The van der Waals surface area contributed by atoms with Gasteiger partial charge in [0.2, 0.25) is 0 Å². The van der Waals surface area contributed by atoms with E-state index in [4.69, 9.17) is 0 Å². The molecule has 0 fully saturated rings. The number of allylic oxidation sites excluding steroid dienone is 1. The highest BCUT2D eigenvalue weighted by atomic mass is 15.0. The first-order valence-electron chi connectivity index (χ1n) is 25.2. The average Bonchev–Trinajstić information content (AvgIpc) is 3.93. The van der Waals surface area contributed by atoms with Crippen molar-refractivity contribution in [2.45, 2.75) is 112 Å². The molecule has 0 amide bonds. The Kier molecular flexibility index (Phi) is 9.34. The van der Waals surface area contributed by atoms with Crippen molar-refractivity contribution in [3.8, 4) is 17.1 Å². The predicted molar refractivity (Wildman–Crippen MR) is 299 cm³/mol. The number of aromatic nitrogens is 3. The lowest BCUT2D eigenvalue weighted by Crippen LogP contribution is -2.14. The molecule has 344 valence electrons. The lowest BCUT2D eigenvalue weighted by atomic mass is 9.79. The molecule has 3 aromatic heterocycles. The summed E-state index contributed by atoms with van der Waals surface area (Å²) in [5, 5.41) is 11.5. The first kappa shape index (κ1) is 43.4. The maximum Gasteiger partial charge on any atom is 0.0561 e. The summed E-state index contributed by atoms with van der Waals surface area (Å²) in [4.78, 5) is 0. The lowest BCUT2D eigenvalue weighted by molar-refractivity contribution is 0.483. The smallest absolute Gasteiger partial charge is 0.0561 e. The van der Waals surface area contributed by atoms with Gasteiger partial charge in [-0.05, 0) is 158 Å². The molecule has 0 radical (unpaired) electrons. The maximum absolute atomic E-state index is 2.59. The number of nitrogens with zero attached hydrogens (tertiary/aromatic N) is 3. The van der Waals surface area contributed by atoms with E-state index in [-0.39, 0.29) is 21.7 Å². The van der Waals surface area contributed by atoms with Gasteiger partial charge in [0.05, 0.1) is 27.6 Å². The van der Waals surface area contributed by atoms with Gasteiger partial charge in [-0.15, -0.1) is 0 Å². The summed E-state index contributed by atoms with van der Waals surface area (Å²) in [6.07, 6.45) is 4.60. The van der Waals surface area contributed by atoms with Crippen molar-refractivity contribution in [3.63, 3.8) is 0 Å². The Morgan fingerprint density at radius 2 is 0.754 bits per heavy atom. The van der Waals surface area contributed by atoms with E-state index < -0.39 is 0 Å². The van der Waals surface area contributed by atoms with E-state index in [0.717, 1.165) is 24.2 Å². The first-order chi connectivity index (χ1) is 32.7. The van der Waals surface area contributed by atoms with Crippen LogP contribution in [-0.4, -0.2) is 13.7 Å². The third-order valence-corrected chi connectivity index (χ3v) is 15.6. The second-order valence-corrected chi connectivity index (χ2v) is 24.4. The van der Waals surface area contributed by atoms with E-state index in [2.05, 4.69) is 248 Å². The van der Waals surface area contributed by atoms with Crippen molar-refractivity contribution in [1.82, 2.24) is 13.7 Å². The first-order valence-corrected chi connectivity index (χ1v) is 25.2. The Morgan fingerprint density at radius 1 is 0.319 bits per heavy atom. The van der Waals surface area contributed by atoms with Crippen LogP contribution in [0.4, 0.5) is 0 Å². The fraction of sp³-hybridized carbons (Fsp3) is 0.273. The van der Waals surface area contributed by atoms with E-state index in [1.165, 1.54) is 115 Å². The van der Waals surface area contributed by atoms with Crippen LogP contribution in [0.1, 0.15) is 117 Å². The van der Waals surface area contributed by atoms with E-state index in [0.29, 0.717) is 0 Å². The molecule has 3 nitrogen and oxygen atoms in total. The second kappa shape index (κ2) is 14.8. The zero-order valence-electron chi connectivity index (χ0n) is 42.7. The van der Waals surface area contributed by atoms with Gasteiger partial charge in [-0.25, -0.2) is 0 Å². The van der Waals surface area contributed by atoms with Crippen LogP contribution in [0.15, 0.2) is 151 Å². The molecule has 0 unspecified atom stereocenters. The molecule has 12 rings (SSSR count). The topological polar surface area (TPSA) is 14.8 Å². The van der Waals surface area contributed by atoms with Crippen LogP contribution in [-0.2, 0) is 22.7 Å². The number of fused-ring (bicyclic) bond motifs is 11.